The van der Waals surface area contributed by atoms with Gasteiger partial charge in [0.15, 0.2) is 11.6 Å². The molecule has 0 aliphatic carbocycles. The van der Waals surface area contributed by atoms with Gasteiger partial charge >= 0.3 is 0 Å². The fourth-order valence-corrected chi connectivity index (χ4v) is 2.32. The number of likely N-dealkylation sites (N-methyl/N-ethyl adjacent to an activating group) is 1. The van der Waals surface area contributed by atoms with E-state index < -0.39 is 21.7 Å². The second-order valence-corrected chi connectivity index (χ2v) is 5.24. The van der Waals surface area contributed by atoms with Crippen LogP contribution in [-0.2, 0) is 10.0 Å². The molecule has 0 radical (unpaired) electrons. The van der Waals surface area contributed by atoms with Crippen molar-refractivity contribution in [3.05, 3.63) is 29.8 Å². The molecule has 0 heterocycles. The summed E-state index contributed by atoms with van der Waals surface area (Å²) < 4.78 is 50.0. The van der Waals surface area contributed by atoms with Crippen LogP contribution in [0, 0.1) is 11.6 Å². The van der Waals surface area contributed by atoms with Gasteiger partial charge in [0.1, 0.15) is 0 Å². The van der Waals surface area contributed by atoms with E-state index in [1.165, 1.54) is 7.05 Å². The number of rotatable bonds is 4. The fourth-order valence-electron chi connectivity index (χ4n) is 1.12. The molecule has 2 N–H and O–H groups in total. The van der Waals surface area contributed by atoms with Crippen molar-refractivity contribution >= 4 is 10.0 Å². The zero-order chi connectivity index (χ0) is 12.3. The van der Waals surface area contributed by atoms with Crippen molar-refractivity contribution in [3.63, 3.8) is 0 Å². The number of hydrogen-bond donors (Lipinski definition) is 1. The Morgan fingerprint density at radius 3 is 2.44 bits per heavy atom. The lowest BCUT2D eigenvalue weighted by Crippen LogP contribution is -2.31. The molecule has 0 aromatic heterocycles. The van der Waals surface area contributed by atoms with Crippen LogP contribution in [0.5, 0.6) is 0 Å². The molecule has 0 aliphatic heterocycles. The van der Waals surface area contributed by atoms with Crippen molar-refractivity contribution in [2.45, 2.75) is 4.90 Å². The molecule has 0 bridgehead atoms. The summed E-state index contributed by atoms with van der Waals surface area (Å²) in [4.78, 5) is -0.289. The molecule has 0 saturated carbocycles. The Kier molecular flexibility index (Phi) is 3.95. The SMILES string of the molecule is CN(CCN)S(=O)(=O)c1ccc(F)c(F)c1. The molecule has 1 aromatic rings. The predicted molar refractivity (Wildman–Crippen MR) is 55.2 cm³/mol. The molecule has 0 amide bonds. The van der Waals surface area contributed by atoms with Gasteiger partial charge in [0.2, 0.25) is 10.0 Å². The Bertz CT molecular complexity index is 476. The molecule has 7 heteroatoms. The van der Waals surface area contributed by atoms with Crippen molar-refractivity contribution in [1.29, 1.82) is 0 Å². The lowest BCUT2D eigenvalue weighted by Gasteiger charge is -2.15. The topological polar surface area (TPSA) is 63.4 Å². The van der Waals surface area contributed by atoms with Crippen LogP contribution in [0.3, 0.4) is 0 Å². The number of halogens is 2. The second-order valence-electron chi connectivity index (χ2n) is 3.19. The maximum atomic E-state index is 12.9. The summed E-state index contributed by atoms with van der Waals surface area (Å²) in [6.07, 6.45) is 0. The summed E-state index contributed by atoms with van der Waals surface area (Å²) in [6, 6.07) is 2.44. The molecule has 0 unspecified atom stereocenters. The van der Waals surface area contributed by atoms with Gasteiger partial charge in [-0.3, -0.25) is 0 Å². The van der Waals surface area contributed by atoms with Gasteiger partial charge in [0, 0.05) is 20.1 Å². The van der Waals surface area contributed by atoms with Gasteiger partial charge in [0.25, 0.3) is 0 Å². The van der Waals surface area contributed by atoms with E-state index in [4.69, 9.17) is 5.73 Å². The average molecular weight is 250 g/mol. The van der Waals surface area contributed by atoms with Crippen molar-refractivity contribution in [1.82, 2.24) is 4.31 Å². The first-order valence-electron chi connectivity index (χ1n) is 4.51. The fraction of sp³-hybridized carbons (Fsp3) is 0.333. The summed E-state index contributed by atoms with van der Waals surface area (Å²) >= 11 is 0. The molecule has 4 nitrogen and oxygen atoms in total. The highest BCUT2D eigenvalue weighted by molar-refractivity contribution is 7.89. The van der Waals surface area contributed by atoms with E-state index in [-0.39, 0.29) is 18.0 Å². The molecule has 16 heavy (non-hydrogen) atoms. The largest absolute Gasteiger partial charge is 0.329 e. The van der Waals surface area contributed by atoms with Gasteiger partial charge < -0.3 is 5.73 Å². The highest BCUT2D eigenvalue weighted by Gasteiger charge is 2.21. The smallest absolute Gasteiger partial charge is 0.242 e. The molecular weight excluding hydrogens is 238 g/mol. The lowest BCUT2D eigenvalue weighted by atomic mass is 10.3. The quantitative estimate of drug-likeness (QED) is 0.848. The summed E-state index contributed by atoms with van der Waals surface area (Å²) in [5, 5.41) is 0. The molecule has 0 atom stereocenters. The average Bonchev–Trinajstić information content (AvgIpc) is 2.22. The molecular formula is C9H12F2N2O2S. The normalized spacial score (nSPS) is 12.1. The van der Waals surface area contributed by atoms with Crippen molar-refractivity contribution in [2.75, 3.05) is 20.1 Å². The van der Waals surface area contributed by atoms with Crippen LogP contribution in [-0.4, -0.2) is 32.9 Å². The van der Waals surface area contributed by atoms with Gasteiger partial charge in [0.05, 0.1) is 4.90 Å². The standard InChI is InChI=1S/C9H12F2N2O2S/c1-13(5-4-12)16(14,15)7-2-3-8(10)9(11)6-7/h2-3,6H,4-5,12H2,1H3. The minimum Gasteiger partial charge on any atom is -0.329 e. The Hall–Kier alpha value is -1.05. The summed E-state index contributed by atoms with van der Waals surface area (Å²) in [5.74, 6) is -2.28. The number of hydrogen-bond acceptors (Lipinski definition) is 3. The van der Waals surface area contributed by atoms with Crippen LogP contribution in [0.15, 0.2) is 23.1 Å². The van der Waals surface area contributed by atoms with E-state index in [2.05, 4.69) is 0 Å². The predicted octanol–water partition coefficient (Wildman–Crippen LogP) is 0.544. The third-order valence-electron chi connectivity index (χ3n) is 2.04. The van der Waals surface area contributed by atoms with E-state index in [9.17, 15) is 17.2 Å². The van der Waals surface area contributed by atoms with Gasteiger partial charge in [-0.2, -0.15) is 4.31 Å². The third kappa shape index (κ3) is 2.55. The summed E-state index contributed by atoms with van der Waals surface area (Å²) in [6.45, 7) is 0.265. The van der Waals surface area contributed by atoms with E-state index in [1.807, 2.05) is 0 Å². The number of nitrogens with two attached hydrogens (primary N) is 1. The minimum absolute atomic E-state index is 0.112. The number of nitrogens with zero attached hydrogens (tertiary/aromatic N) is 1. The molecule has 0 fully saturated rings. The Morgan fingerprint density at radius 1 is 1.31 bits per heavy atom. The third-order valence-corrected chi connectivity index (χ3v) is 3.90. The Balaban J connectivity index is 3.12. The lowest BCUT2D eigenvalue weighted by molar-refractivity contribution is 0.472. The first kappa shape index (κ1) is 13.0. The summed E-state index contributed by atoms with van der Waals surface area (Å²) in [7, 11) is -2.47. The second kappa shape index (κ2) is 4.86. The van der Waals surface area contributed by atoms with Crippen molar-refractivity contribution in [2.24, 2.45) is 5.73 Å². The maximum Gasteiger partial charge on any atom is 0.242 e. The van der Waals surface area contributed by atoms with E-state index in [0.717, 1.165) is 16.4 Å². The van der Waals surface area contributed by atoms with Gasteiger partial charge in [-0.15, -0.1) is 0 Å². The van der Waals surface area contributed by atoms with Crippen LogP contribution in [0.1, 0.15) is 0 Å². The van der Waals surface area contributed by atoms with Gasteiger partial charge in [-0.1, -0.05) is 0 Å². The molecule has 1 rings (SSSR count). The summed E-state index contributed by atoms with van der Waals surface area (Å²) in [5.41, 5.74) is 5.22. The van der Waals surface area contributed by atoms with Crippen molar-refractivity contribution < 1.29 is 17.2 Å². The molecule has 0 aliphatic rings. The van der Waals surface area contributed by atoms with Crippen molar-refractivity contribution in [3.8, 4) is 0 Å². The molecule has 0 saturated heterocycles. The maximum absolute atomic E-state index is 12.9. The Morgan fingerprint density at radius 2 is 1.94 bits per heavy atom. The van der Waals surface area contributed by atoms with E-state index >= 15 is 0 Å². The minimum atomic E-state index is -3.79. The highest BCUT2D eigenvalue weighted by Crippen LogP contribution is 2.16. The molecule has 90 valence electrons. The first-order chi connectivity index (χ1) is 7.39. The van der Waals surface area contributed by atoms with Crippen LogP contribution in [0.2, 0.25) is 0 Å². The van der Waals surface area contributed by atoms with E-state index in [0.29, 0.717) is 6.07 Å². The molecule has 1 aromatic carbocycles. The zero-order valence-electron chi connectivity index (χ0n) is 8.65. The van der Waals surface area contributed by atoms with Gasteiger partial charge in [-0.05, 0) is 18.2 Å². The number of sulfonamides is 1. The van der Waals surface area contributed by atoms with Crippen LogP contribution in [0.4, 0.5) is 8.78 Å². The number of benzene rings is 1. The Labute approximate surface area is 92.7 Å². The van der Waals surface area contributed by atoms with Gasteiger partial charge in [-0.25, -0.2) is 17.2 Å². The highest BCUT2D eigenvalue weighted by atomic mass is 32.2. The zero-order valence-corrected chi connectivity index (χ0v) is 9.47. The van der Waals surface area contributed by atoms with Crippen LogP contribution >= 0.6 is 0 Å². The monoisotopic (exact) mass is 250 g/mol. The van der Waals surface area contributed by atoms with Crippen LogP contribution in [0.25, 0.3) is 0 Å². The van der Waals surface area contributed by atoms with E-state index in [1.54, 1.807) is 0 Å². The molecule has 0 spiro atoms. The first-order valence-corrected chi connectivity index (χ1v) is 5.95. The van der Waals surface area contributed by atoms with Crippen LogP contribution < -0.4 is 5.73 Å².